The second-order valence-corrected chi connectivity index (χ2v) is 3.23. The maximum Gasteiger partial charge on any atom is 0.305 e. The number of esters is 1. The number of ether oxygens (including phenoxy) is 3. The van der Waals surface area contributed by atoms with Gasteiger partial charge in [0.25, 0.3) is 0 Å². The number of carbonyl (C=O) groups is 2. The number of hydrogen-bond donors (Lipinski definition) is 1. The molecule has 17 heavy (non-hydrogen) atoms. The molecule has 0 aromatic heterocycles. The fourth-order valence-electron chi connectivity index (χ4n) is 1.00. The van der Waals surface area contributed by atoms with Crippen molar-refractivity contribution in [2.75, 3.05) is 39.6 Å². The maximum atomic E-state index is 11.0. The minimum Gasteiger partial charge on any atom is -0.463 e. The van der Waals surface area contributed by atoms with Crippen LogP contribution in [0.2, 0.25) is 0 Å². The van der Waals surface area contributed by atoms with E-state index in [0.717, 1.165) is 6.29 Å². The van der Waals surface area contributed by atoms with Crippen molar-refractivity contribution in [1.29, 1.82) is 0 Å². The molecule has 0 unspecified atom stereocenters. The summed E-state index contributed by atoms with van der Waals surface area (Å²) in [4.78, 5) is 21.0. The predicted octanol–water partition coefficient (Wildman–Crippen LogP) is -0.0757. The molecule has 0 saturated heterocycles. The van der Waals surface area contributed by atoms with Gasteiger partial charge in [-0.1, -0.05) is 0 Å². The topological polar surface area (TPSA) is 82.1 Å². The summed E-state index contributed by atoms with van der Waals surface area (Å²) in [6.07, 6.45) is 1.95. The molecule has 0 rings (SSSR count). The molecule has 0 aromatic rings. The van der Waals surface area contributed by atoms with E-state index in [1.165, 1.54) is 0 Å². The molecule has 0 atom stereocenters. The summed E-state index contributed by atoms with van der Waals surface area (Å²) in [5.41, 5.74) is 0. The van der Waals surface area contributed by atoms with E-state index in [0.29, 0.717) is 39.3 Å². The van der Waals surface area contributed by atoms with Gasteiger partial charge in [-0.05, 0) is 6.42 Å². The summed E-state index contributed by atoms with van der Waals surface area (Å²) < 4.78 is 14.9. The molecule has 0 aliphatic heterocycles. The molecule has 6 nitrogen and oxygen atoms in total. The number of hydrogen-bond acceptors (Lipinski definition) is 6. The Hall–Kier alpha value is -0.980. The number of aldehydes is 1. The van der Waals surface area contributed by atoms with Gasteiger partial charge in [0.1, 0.15) is 12.9 Å². The lowest BCUT2D eigenvalue weighted by Gasteiger charge is -2.06. The summed E-state index contributed by atoms with van der Waals surface area (Å²) >= 11 is 0. The highest BCUT2D eigenvalue weighted by molar-refractivity contribution is 5.69. The lowest BCUT2D eigenvalue weighted by atomic mass is 10.2. The molecular formula is C11H20O6. The van der Waals surface area contributed by atoms with E-state index in [-0.39, 0.29) is 25.6 Å². The summed E-state index contributed by atoms with van der Waals surface area (Å²) in [5, 5.41) is 8.41. The van der Waals surface area contributed by atoms with Crippen LogP contribution in [-0.2, 0) is 23.8 Å². The Morgan fingerprint density at radius 2 is 1.71 bits per heavy atom. The quantitative estimate of drug-likeness (QED) is 0.295. The van der Waals surface area contributed by atoms with Gasteiger partial charge in [-0.3, -0.25) is 4.79 Å². The number of carbonyl (C=O) groups excluding carboxylic acids is 2. The van der Waals surface area contributed by atoms with Crippen molar-refractivity contribution in [2.24, 2.45) is 0 Å². The fraction of sp³-hybridized carbons (Fsp3) is 0.818. The molecule has 0 aliphatic carbocycles. The maximum absolute atomic E-state index is 11.0. The van der Waals surface area contributed by atoms with Gasteiger partial charge >= 0.3 is 5.97 Å². The third-order valence-corrected chi connectivity index (χ3v) is 1.80. The first kappa shape index (κ1) is 16.0. The molecule has 1 N–H and O–H groups in total. The van der Waals surface area contributed by atoms with Crippen LogP contribution in [-0.4, -0.2) is 57.0 Å². The summed E-state index contributed by atoms with van der Waals surface area (Å²) in [5.74, 6) is -0.313. The fourth-order valence-corrected chi connectivity index (χ4v) is 1.00. The second-order valence-electron chi connectivity index (χ2n) is 3.23. The van der Waals surface area contributed by atoms with Crippen molar-refractivity contribution in [3.8, 4) is 0 Å². The van der Waals surface area contributed by atoms with E-state index in [1.54, 1.807) is 0 Å². The van der Waals surface area contributed by atoms with Crippen LogP contribution in [0.1, 0.15) is 19.3 Å². The minimum atomic E-state index is -0.313. The molecule has 100 valence electrons. The first-order valence-electron chi connectivity index (χ1n) is 5.67. The van der Waals surface area contributed by atoms with Crippen molar-refractivity contribution in [2.45, 2.75) is 19.3 Å². The van der Waals surface area contributed by atoms with E-state index in [4.69, 9.17) is 19.3 Å². The highest BCUT2D eigenvalue weighted by Crippen LogP contribution is 1.95. The Labute approximate surface area is 101 Å². The molecule has 0 amide bonds. The highest BCUT2D eigenvalue weighted by atomic mass is 16.6. The highest BCUT2D eigenvalue weighted by Gasteiger charge is 2.01. The molecule has 0 spiro atoms. The summed E-state index contributed by atoms with van der Waals surface area (Å²) in [6, 6.07) is 0. The zero-order chi connectivity index (χ0) is 12.8. The Balaban J connectivity index is 3.11. The van der Waals surface area contributed by atoms with Crippen LogP contribution in [0.3, 0.4) is 0 Å². The average Bonchev–Trinajstić information content (AvgIpc) is 2.33. The first-order chi connectivity index (χ1) is 8.31. The Kier molecular flexibility index (Phi) is 12.3. The number of unbranched alkanes of at least 4 members (excludes halogenated alkanes) is 1. The zero-order valence-corrected chi connectivity index (χ0v) is 9.93. The Morgan fingerprint density at radius 3 is 2.35 bits per heavy atom. The van der Waals surface area contributed by atoms with E-state index >= 15 is 0 Å². The van der Waals surface area contributed by atoms with Crippen LogP contribution in [0.15, 0.2) is 0 Å². The summed E-state index contributed by atoms with van der Waals surface area (Å²) in [6.45, 7) is 1.64. The van der Waals surface area contributed by atoms with Crippen molar-refractivity contribution in [3.05, 3.63) is 0 Å². The van der Waals surface area contributed by atoms with Crippen molar-refractivity contribution >= 4 is 12.3 Å². The molecule has 0 saturated carbocycles. The van der Waals surface area contributed by atoms with E-state index in [1.807, 2.05) is 0 Å². The number of aliphatic hydroxyl groups excluding tert-OH is 1. The standard InChI is InChI=1S/C11H20O6/c12-4-2-1-3-11(14)17-10-9-16-8-7-15-6-5-13/h4,13H,1-3,5-10H2. The van der Waals surface area contributed by atoms with Crippen LogP contribution < -0.4 is 0 Å². The predicted molar refractivity (Wildman–Crippen MR) is 59.6 cm³/mol. The van der Waals surface area contributed by atoms with Crippen LogP contribution in [0, 0.1) is 0 Å². The van der Waals surface area contributed by atoms with Crippen molar-refractivity contribution in [3.63, 3.8) is 0 Å². The number of aliphatic hydroxyl groups is 1. The molecule has 0 radical (unpaired) electrons. The largest absolute Gasteiger partial charge is 0.463 e. The molecule has 0 aliphatic rings. The molecule has 0 bridgehead atoms. The van der Waals surface area contributed by atoms with Crippen molar-refractivity contribution in [1.82, 2.24) is 0 Å². The van der Waals surface area contributed by atoms with Gasteiger partial charge in [0, 0.05) is 12.8 Å². The third kappa shape index (κ3) is 13.0. The molecule has 0 aromatic carbocycles. The molecule has 6 heteroatoms. The number of rotatable bonds is 12. The van der Waals surface area contributed by atoms with Crippen LogP contribution >= 0.6 is 0 Å². The zero-order valence-electron chi connectivity index (χ0n) is 9.93. The van der Waals surface area contributed by atoms with Crippen LogP contribution in [0.5, 0.6) is 0 Å². The van der Waals surface area contributed by atoms with E-state index in [2.05, 4.69) is 0 Å². The van der Waals surface area contributed by atoms with Gasteiger partial charge in [-0.2, -0.15) is 0 Å². The lowest BCUT2D eigenvalue weighted by Crippen LogP contribution is -2.13. The smallest absolute Gasteiger partial charge is 0.305 e. The first-order valence-corrected chi connectivity index (χ1v) is 5.67. The molecule has 0 fully saturated rings. The molecular weight excluding hydrogens is 228 g/mol. The SMILES string of the molecule is O=CCCCC(=O)OCCOCCOCCO. The Morgan fingerprint density at radius 1 is 1.06 bits per heavy atom. The van der Waals surface area contributed by atoms with Gasteiger partial charge in [0.15, 0.2) is 0 Å². The van der Waals surface area contributed by atoms with Gasteiger partial charge < -0.3 is 24.1 Å². The summed E-state index contributed by atoms with van der Waals surface area (Å²) in [7, 11) is 0. The van der Waals surface area contributed by atoms with Gasteiger partial charge in [0.2, 0.25) is 0 Å². The van der Waals surface area contributed by atoms with Crippen LogP contribution in [0.4, 0.5) is 0 Å². The monoisotopic (exact) mass is 248 g/mol. The van der Waals surface area contributed by atoms with Gasteiger partial charge in [-0.25, -0.2) is 0 Å². The van der Waals surface area contributed by atoms with E-state index in [9.17, 15) is 9.59 Å². The lowest BCUT2D eigenvalue weighted by molar-refractivity contribution is -0.145. The Bertz CT molecular complexity index is 194. The third-order valence-electron chi connectivity index (χ3n) is 1.80. The van der Waals surface area contributed by atoms with E-state index < -0.39 is 0 Å². The normalized spacial score (nSPS) is 10.2. The minimum absolute atomic E-state index is 0.00159. The average molecular weight is 248 g/mol. The second kappa shape index (κ2) is 13.1. The van der Waals surface area contributed by atoms with Gasteiger partial charge in [-0.15, -0.1) is 0 Å². The van der Waals surface area contributed by atoms with Gasteiger partial charge in [0.05, 0.1) is 33.0 Å². The van der Waals surface area contributed by atoms with Crippen molar-refractivity contribution < 1.29 is 28.9 Å². The van der Waals surface area contributed by atoms with Crippen LogP contribution in [0.25, 0.3) is 0 Å². The molecule has 0 heterocycles.